The number of nitrogens with one attached hydrogen (secondary N) is 1. The van der Waals surface area contributed by atoms with Crippen molar-refractivity contribution in [2.45, 2.75) is 44.7 Å². The zero-order chi connectivity index (χ0) is 33.1. The number of carbonyl (C=O) groups excluding carboxylic acids is 2. The van der Waals surface area contributed by atoms with Gasteiger partial charge in [0.1, 0.15) is 24.2 Å². The summed E-state index contributed by atoms with van der Waals surface area (Å²) in [6.07, 6.45) is 0.214. The Kier molecular flexibility index (Phi) is 11.9. The van der Waals surface area contributed by atoms with E-state index in [2.05, 4.69) is 5.32 Å². The Morgan fingerprint density at radius 2 is 1.41 bits per heavy atom. The van der Waals surface area contributed by atoms with Crippen LogP contribution < -0.4 is 14.4 Å². The van der Waals surface area contributed by atoms with E-state index < -0.39 is 34.3 Å². The van der Waals surface area contributed by atoms with Crippen molar-refractivity contribution < 1.29 is 27.1 Å². The maximum Gasteiger partial charge on any atom is 0.264 e. The van der Waals surface area contributed by atoms with Gasteiger partial charge in [-0.25, -0.2) is 12.8 Å². The van der Waals surface area contributed by atoms with Gasteiger partial charge in [0.25, 0.3) is 10.0 Å². The molecule has 0 bridgehead atoms. The molecule has 0 aromatic heterocycles. The summed E-state index contributed by atoms with van der Waals surface area (Å²) < 4.78 is 48.6. The van der Waals surface area contributed by atoms with Crippen LogP contribution >= 0.6 is 0 Å². The van der Waals surface area contributed by atoms with Crippen molar-refractivity contribution in [1.29, 1.82) is 0 Å². The lowest BCUT2D eigenvalue weighted by Crippen LogP contribution is -2.53. The molecule has 0 saturated heterocycles. The van der Waals surface area contributed by atoms with Crippen LogP contribution in [0.5, 0.6) is 5.75 Å². The van der Waals surface area contributed by atoms with Gasteiger partial charge in [-0.1, -0.05) is 74.5 Å². The van der Waals surface area contributed by atoms with Gasteiger partial charge in [-0.15, -0.1) is 0 Å². The van der Waals surface area contributed by atoms with Gasteiger partial charge in [0.15, 0.2) is 0 Å². The van der Waals surface area contributed by atoms with E-state index in [1.54, 1.807) is 0 Å². The number of rotatable bonds is 15. The number of sulfonamides is 1. The molecule has 0 aliphatic rings. The van der Waals surface area contributed by atoms with Crippen LogP contribution in [-0.2, 0) is 32.6 Å². The lowest BCUT2D eigenvalue weighted by molar-refractivity contribution is -0.140. The number of hydrogen-bond donors (Lipinski definition) is 1. The Bertz CT molecular complexity index is 1670. The summed E-state index contributed by atoms with van der Waals surface area (Å²) in [7, 11) is -4.32. The van der Waals surface area contributed by atoms with Gasteiger partial charge in [0, 0.05) is 19.5 Å². The highest BCUT2D eigenvalue weighted by molar-refractivity contribution is 7.92. The van der Waals surface area contributed by atoms with E-state index in [1.165, 1.54) is 41.3 Å². The highest BCUT2D eigenvalue weighted by Crippen LogP contribution is 2.27. The van der Waals surface area contributed by atoms with Gasteiger partial charge in [-0.2, -0.15) is 0 Å². The summed E-state index contributed by atoms with van der Waals surface area (Å²) in [4.78, 5) is 29.6. The molecule has 1 N–H and O–H groups in total. The van der Waals surface area contributed by atoms with E-state index in [0.717, 1.165) is 27.6 Å². The second-order valence-electron chi connectivity index (χ2n) is 11.2. The van der Waals surface area contributed by atoms with Gasteiger partial charge >= 0.3 is 0 Å². The first-order valence-corrected chi connectivity index (χ1v) is 16.7. The largest absolute Gasteiger partial charge is 0.494 e. The van der Waals surface area contributed by atoms with Crippen molar-refractivity contribution in [1.82, 2.24) is 10.2 Å². The van der Waals surface area contributed by atoms with E-state index >= 15 is 0 Å². The molecule has 0 radical (unpaired) electrons. The van der Waals surface area contributed by atoms with E-state index in [-0.39, 0.29) is 35.4 Å². The average molecular weight is 646 g/mol. The molecule has 46 heavy (non-hydrogen) atoms. The molecule has 0 fully saturated rings. The van der Waals surface area contributed by atoms with Crippen molar-refractivity contribution in [2.75, 3.05) is 24.0 Å². The first-order chi connectivity index (χ1) is 22.1. The molecule has 242 valence electrons. The fourth-order valence-electron chi connectivity index (χ4n) is 4.89. The molecule has 4 rings (SSSR count). The van der Waals surface area contributed by atoms with Crippen LogP contribution in [0.2, 0.25) is 0 Å². The van der Waals surface area contributed by atoms with Crippen LogP contribution in [0.25, 0.3) is 0 Å². The zero-order valence-electron chi connectivity index (χ0n) is 26.3. The summed E-state index contributed by atoms with van der Waals surface area (Å²) in [5, 5.41) is 2.97. The van der Waals surface area contributed by atoms with Crippen molar-refractivity contribution in [3.8, 4) is 5.75 Å². The third-order valence-corrected chi connectivity index (χ3v) is 9.06. The molecule has 0 spiro atoms. The monoisotopic (exact) mass is 645 g/mol. The molecular formula is C36H40FN3O5S. The number of carbonyl (C=O) groups is 2. The zero-order valence-corrected chi connectivity index (χ0v) is 27.1. The first kappa shape index (κ1) is 34.2. The minimum Gasteiger partial charge on any atom is -0.494 e. The Morgan fingerprint density at radius 3 is 1.98 bits per heavy atom. The van der Waals surface area contributed by atoms with E-state index in [9.17, 15) is 22.4 Å². The number of halogens is 1. The molecule has 4 aromatic carbocycles. The highest BCUT2D eigenvalue weighted by Gasteiger charge is 2.34. The number of nitrogens with zero attached hydrogens (tertiary/aromatic N) is 2. The fourth-order valence-corrected chi connectivity index (χ4v) is 6.31. The molecule has 8 nitrogen and oxygen atoms in total. The lowest BCUT2D eigenvalue weighted by Gasteiger charge is -2.34. The molecule has 0 heterocycles. The molecular weight excluding hydrogens is 605 g/mol. The van der Waals surface area contributed by atoms with Gasteiger partial charge in [0.2, 0.25) is 11.8 Å². The van der Waals surface area contributed by atoms with E-state index in [0.29, 0.717) is 18.9 Å². The van der Waals surface area contributed by atoms with E-state index in [4.69, 9.17) is 4.74 Å². The minimum atomic E-state index is -4.32. The topological polar surface area (TPSA) is 96.0 Å². The number of hydrogen-bond acceptors (Lipinski definition) is 5. The van der Waals surface area contributed by atoms with Crippen LogP contribution in [0.15, 0.2) is 114 Å². The van der Waals surface area contributed by atoms with E-state index in [1.807, 2.05) is 81.4 Å². The Morgan fingerprint density at radius 1 is 0.826 bits per heavy atom. The normalized spacial score (nSPS) is 11.9. The van der Waals surface area contributed by atoms with Gasteiger partial charge in [-0.05, 0) is 72.5 Å². The lowest BCUT2D eigenvalue weighted by atomic mass is 10.0. The van der Waals surface area contributed by atoms with Crippen LogP contribution in [0.1, 0.15) is 31.9 Å². The number of anilines is 1. The summed E-state index contributed by atoms with van der Waals surface area (Å²) >= 11 is 0. The fraction of sp³-hybridized carbons (Fsp3) is 0.278. The third kappa shape index (κ3) is 9.17. The van der Waals surface area contributed by atoms with Gasteiger partial charge in [0.05, 0.1) is 17.2 Å². The molecule has 0 saturated carbocycles. The van der Waals surface area contributed by atoms with Crippen molar-refractivity contribution >= 4 is 27.5 Å². The highest BCUT2D eigenvalue weighted by atomic mass is 32.2. The Labute approximate surface area is 270 Å². The average Bonchev–Trinajstić information content (AvgIpc) is 3.06. The summed E-state index contributed by atoms with van der Waals surface area (Å²) in [6.45, 7) is 6.03. The molecule has 1 atom stereocenters. The van der Waals surface area contributed by atoms with Crippen LogP contribution in [0.3, 0.4) is 0 Å². The summed E-state index contributed by atoms with van der Waals surface area (Å²) in [5.74, 6) is -0.819. The number of ether oxygens (including phenoxy) is 1. The summed E-state index contributed by atoms with van der Waals surface area (Å²) in [5.41, 5.74) is 1.72. The maximum absolute atomic E-state index is 14.4. The quantitative estimate of drug-likeness (QED) is 0.176. The minimum absolute atomic E-state index is 0.0621. The van der Waals surface area contributed by atoms with Crippen molar-refractivity contribution in [3.05, 3.63) is 126 Å². The van der Waals surface area contributed by atoms with Crippen molar-refractivity contribution in [2.24, 2.45) is 5.92 Å². The SMILES string of the molecule is CCOc1ccc(S(=O)(=O)N(CC(=O)N(Cc2ccccc2)[C@@H](Cc2ccccc2)C(=O)NCC(C)C)c2ccc(F)cc2)cc1. The molecule has 2 amide bonds. The molecule has 0 unspecified atom stereocenters. The van der Waals surface area contributed by atoms with Crippen LogP contribution in [0, 0.1) is 11.7 Å². The summed E-state index contributed by atoms with van der Waals surface area (Å²) in [6, 6.07) is 28.4. The van der Waals surface area contributed by atoms with Crippen LogP contribution in [-0.4, -0.2) is 50.9 Å². The maximum atomic E-state index is 14.4. The van der Waals surface area contributed by atoms with Crippen LogP contribution in [0.4, 0.5) is 10.1 Å². The molecule has 4 aromatic rings. The predicted molar refractivity (Wildman–Crippen MR) is 177 cm³/mol. The second-order valence-corrected chi connectivity index (χ2v) is 13.1. The third-order valence-electron chi connectivity index (χ3n) is 7.27. The number of benzene rings is 4. The molecule has 10 heteroatoms. The smallest absolute Gasteiger partial charge is 0.264 e. The standard InChI is InChI=1S/C36H40FN3O5S/c1-4-45-32-19-21-33(22-20-32)46(43,44)40(31-17-15-30(37)16-18-31)26-35(41)39(25-29-13-9-6-10-14-29)34(36(42)38-24-27(2)3)23-28-11-7-5-8-12-28/h5-22,27,34H,4,23-26H2,1-3H3,(H,38,42)/t34-/m0/s1. The predicted octanol–water partition coefficient (Wildman–Crippen LogP) is 5.83. The van der Waals surface area contributed by atoms with Gasteiger partial charge < -0.3 is 15.0 Å². The first-order valence-electron chi connectivity index (χ1n) is 15.2. The Balaban J connectivity index is 1.77. The second kappa shape index (κ2) is 16.0. The Hall–Kier alpha value is -4.70. The van der Waals surface area contributed by atoms with Crippen molar-refractivity contribution in [3.63, 3.8) is 0 Å². The van der Waals surface area contributed by atoms with Gasteiger partial charge in [-0.3, -0.25) is 13.9 Å². The molecule has 0 aliphatic heterocycles. The number of amides is 2. The molecule has 0 aliphatic carbocycles.